The molecular weight excluding hydrogens is 322 g/mol. The number of methoxy groups -OCH3 is 1. The summed E-state index contributed by atoms with van der Waals surface area (Å²) in [5.41, 5.74) is 0.384. The van der Waals surface area contributed by atoms with Gasteiger partial charge in [-0.3, -0.25) is 4.79 Å². The van der Waals surface area contributed by atoms with Crippen LogP contribution in [0.25, 0.3) is 6.08 Å². The minimum Gasteiger partial charge on any atom is -0.496 e. The lowest BCUT2D eigenvalue weighted by Crippen LogP contribution is -2.43. The van der Waals surface area contributed by atoms with E-state index in [9.17, 15) is 4.79 Å². The third-order valence-corrected chi connectivity index (χ3v) is 3.30. The number of carbonyl (C=O) groups excluding carboxylic acids is 1. The van der Waals surface area contributed by atoms with Crippen LogP contribution in [-0.2, 0) is 4.79 Å². The Bertz CT molecular complexity index is 498. The Hall–Kier alpha value is -1.33. The lowest BCUT2D eigenvalue weighted by atomic mass is 10.0. The molecule has 0 aromatic heterocycles. The zero-order chi connectivity index (χ0) is 15.2. The van der Waals surface area contributed by atoms with Crippen molar-refractivity contribution in [2.45, 2.75) is 25.8 Å². The van der Waals surface area contributed by atoms with Gasteiger partial charge in [-0.1, -0.05) is 15.9 Å². The van der Waals surface area contributed by atoms with Crippen LogP contribution in [0.15, 0.2) is 28.7 Å². The fourth-order valence-corrected chi connectivity index (χ4v) is 2.10. The smallest absolute Gasteiger partial charge is 0.244 e. The highest BCUT2D eigenvalue weighted by molar-refractivity contribution is 9.10. The van der Waals surface area contributed by atoms with Gasteiger partial charge in [-0.05, 0) is 44.5 Å². The van der Waals surface area contributed by atoms with E-state index in [4.69, 9.17) is 9.84 Å². The highest BCUT2D eigenvalue weighted by atomic mass is 79.9. The Morgan fingerprint density at radius 3 is 2.80 bits per heavy atom. The molecule has 0 aliphatic heterocycles. The van der Waals surface area contributed by atoms with Gasteiger partial charge in [0.1, 0.15) is 5.75 Å². The number of aliphatic hydroxyl groups excluding tert-OH is 1. The molecule has 0 saturated heterocycles. The summed E-state index contributed by atoms with van der Waals surface area (Å²) >= 11 is 3.38. The van der Waals surface area contributed by atoms with Crippen molar-refractivity contribution in [1.82, 2.24) is 5.32 Å². The zero-order valence-corrected chi connectivity index (χ0v) is 13.5. The highest BCUT2D eigenvalue weighted by Crippen LogP contribution is 2.24. The van der Waals surface area contributed by atoms with Gasteiger partial charge in [-0.15, -0.1) is 0 Å². The van der Waals surface area contributed by atoms with E-state index in [0.29, 0.717) is 12.2 Å². The van der Waals surface area contributed by atoms with E-state index in [0.717, 1.165) is 10.0 Å². The fraction of sp³-hybridized carbons (Fsp3) is 0.400. The standard InChI is InChI=1S/C15H20BrNO3/c1-15(2,8-9-18)17-14(19)7-4-11-10-12(16)5-6-13(11)20-3/h4-7,10,18H,8-9H2,1-3H3,(H,17,19)/b7-4+. The minimum atomic E-state index is -0.433. The molecule has 0 fully saturated rings. The second kappa shape index (κ2) is 7.45. The number of ether oxygens (including phenoxy) is 1. The first-order valence-corrected chi connectivity index (χ1v) is 7.12. The Labute approximate surface area is 128 Å². The molecule has 1 rings (SSSR count). The van der Waals surface area contributed by atoms with Gasteiger partial charge in [-0.25, -0.2) is 0 Å². The molecule has 0 unspecified atom stereocenters. The van der Waals surface area contributed by atoms with Crippen LogP contribution >= 0.6 is 15.9 Å². The molecule has 20 heavy (non-hydrogen) atoms. The normalized spacial score (nSPS) is 11.7. The van der Waals surface area contributed by atoms with Gasteiger partial charge >= 0.3 is 0 Å². The molecule has 1 aromatic rings. The van der Waals surface area contributed by atoms with Crippen LogP contribution in [0.4, 0.5) is 0 Å². The largest absolute Gasteiger partial charge is 0.496 e. The molecular formula is C15H20BrNO3. The summed E-state index contributed by atoms with van der Waals surface area (Å²) in [6.07, 6.45) is 3.67. The predicted octanol–water partition coefficient (Wildman–Crippen LogP) is 2.75. The molecule has 2 N–H and O–H groups in total. The molecule has 0 bridgehead atoms. The maximum atomic E-state index is 11.9. The Morgan fingerprint density at radius 2 is 2.20 bits per heavy atom. The third-order valence-electron chi connectivity index (χ3n) is 2.80. The van der Waals surface area contributed by atoms with Crippen molar-refractivity contribution in [1.29, 1.82) is 0 Å². The van der Waals surface area contributed by atoms with Crippen LogP contribution in [-0.4, -0.2) is 30.3 Å². The maximum Gasteiger partial charge on any atom is 0.244 e. The molecule has 1 amide bonds. The first-order chi connectivity index (χ1) is 9.38. The molecule has 0 atom stereocenters. The molecule has 110 valence electrons. The summed E-state index contributed by atoms with van der Waals surface area (Å²) in [5, 5.41) is 11.8. The van der Waals surface area contributed by atoms with Gasteiger partial charge in [0.25, 0.3) is 0 Å². The number of carbonyl (C=O) groups is 1. The van der Waals surface area contributed by atoms with Crippen LogP contribution in [0.5, 0.6) is 5.75 Å². The number of nitrogens with one attached hydrogen (secondary N) is 1. The lowest BCUT2D eigenvalue weighted by molar-refractivity contribution is -0.118. The summed E-state index contributed by atoms with van der Waals surface area (Å²) < 4.78 is 6.15. The van der Waals surface area contributed by atoms with Crippen molar-refractivity contribution < 1.29 is 14.6 Å². The minimum absolute atomic E-state index is 0.0381. The summed E-state index contributed by atoms with van der Waals surface area (Å²) in [7, 11) is 1.59. The second-order valence-electron chi connectivity index (χ2n) is 5.07. The molecule has 0 saturated carbocycles. The molecule has 0 aliphatic rings. The van der Waals surface area contributed by atoms with Gasteiger partial charge in [-0.2, -0.15) is 0 Å². The van der Waals surface area contributed by atoms with Gasteiger partial charge in [0.05, 0.1) is 7.11 Å². The van der Waals surface area contributed by atoms with Gasteiger partial charge < -0.3 is 15.2 Å². The topological polar surface area (TPSA) is 58.6 Å². The number of rotatable bonds is 6. The van der Waals surface area contributed by atoms with Crippen molar-refractivity contribution in [3.05, 3.63) is 34.3 Å². The average Bonchev–Trinajstić information content (AvgIpc) is 2.35. The van der Waals surface area contributed by atoms with E-state index in [-0.39, 0.29) is 12.5 Å². The summed E-state index contributed by atoms with van der Waals surface area (Å²) in [6, 6.07) is 5.58. The number of halogens is 1. The van der Waals surface area contributed by atoms with Crippen LogP contribution < -0.4 is 10.1 Å². The SMILES string of the molecule is COc1ccc(Br)cc1/C=C/C(=O)NC(C)(C)CCO. The predicted molar refractivity (Wildman–Crippen MR) is 83.7 cm³/mol. The van der Waals surface area contributed by atoms with E-state index in [1.807, 2.05) is 32.0 Å². The summed E-state index contributed by atoms with van der Waals surface area (Å²) in [6.45, 7) is 3.78. The number of amides is 1. The number of hydrogen-bond donors (Lipinski definition) is 2. The van der Waals surface area contributed by atoms with Crippen molar-refractivity contribution in [3.8, 4) is 5.75 Å². The summed E-state index contributed by atoms with van der Waals surface area (Å²) in [4.78, 5) is 11.9. The van der Waals surface area contributed by atoms with Crippen molar-refractivity contribution in [2.24, 2.45) is 0 Å². The molecule has 4 nitrogen and oxygen atoms in total. The Balaban J connectivity index is 2.77. The van der Waals surface area contributed by atoms with E-state index in [1.165, 1.54) is 6.08 Å². The van der Waals surface area contributed by atoms with E-state index >= 15 is 0 Å². The van der Waals surface area contributed by atoms with Crippen LogP contribution in [0.1, 0.15) is 25.8 Å². The second-order valence-corrected chi connectivity index (χ2v) is 5.98. The van der Waals surface area contributed by atoms with E-state index in [2.05, 4.69) is 21.2 Å². The van der Waals surface area contributed by atoms with Gasteiger partial charge in [0.15, 0.2) is 0 Å². The number of aliphatic hydroxyl groups is 1. The summed E-state index contributed by atoms with van der Waals surface area (Å²) in [5.74, 6) is 0.498. The maximum absolute atomic E-state index is 11.9. The fourth-order valence-electron chi connectivity index (χ4n) is 1.72. The molecule has 1 aromatic carbocycles. The molecule has 0 spiro atoms. The van der Waals surface area contributed by atoms with Gasteiger partial charge in [0, 0.05) is 28.3 Å². The lowest BCUT2D eigenvalue weighted by Gasteiger charge is -2.24. The molecule has 0 aliphatic carbocycles. The molecule has 0 heterocycles. The first-order valence-electron chi connectivity index (χ1n) is 6.32. The monoisotopic (exact) mass is 341 g/mol. The number of benzene rings is 1. The van der Waals surface area contributed by atoms with Crippen LogP contribution in [0.3, 0.4) is 0 Å². The third kappa shape index (κ3) is 5.35. The number of hydrogen-bond acceptors (Lipinski definition) is 3. The average molecular weight is 342 g/mol. The van der Waals surface area contributed by atoms with E-state index < -0.39 is 5.54 Å². The van der Waals surface area contributed by atoms with Crippen molar-refractivity contribution >= 4 is 27.9 Å². The first kappa shape index (κ1) is 16.7. The van der Waals surface area contributed by atoms with E-state index in [1.54, 1.807) is 13.2 Å². The molecule has 0 radical (unpaired) electrons. The zero-order valence-electron chi connectivity index (χ0n) is 11.9. The van der Waals surface area contributed by atoms with Crippen LogP contribution in [0.2, 0.25) is 0 Å². The van der Waals surface area contributed by atoms with Crippen molar-refractivity contribution in [2.75, 3.05) is 13.7 Å². The Morgan fingerprint density at radius 1 is 1.50 bits per heavy atom. The highest BCUT2D eigenvalue weighted by Gasteiger charge is 2.18. The van der Waals surface area contributed by atoms with Crippen molar-refractivity contribution in [3.63, 3.8) is 0 Å². The van der Waals surface area contributed by atoms with Gasteiger partial charge in [0.2, 0.25) is 5.91 Å². The quantitative estimate of drug-likeness (QED) is 0.782. The van der Waals surface area contributed by atoms with Crippen LogP contribution in [0, 0.1) is 0 Å². The molecule has 5 heteroatoms. The Kier molecular flexibility index (Phi) is 6.23.